The number of piperidine rings is 1. The highest BCUT2D eigenvalue weighted by atomic mass is 28.5. The Hall–Kier alpha value is -1.88. The maximum atomic E-state index is 15.6. The molecule has 1 aliphatic carbocycles. The maximum Gasteiger partial charge on any atom is 0.334 e. The smallest absolute Gasteiger partial charge is 0.334 e. The number of hydrogen-bond acceptors (Lipinski definition) is 13. The van der Waals surface area contributed by atoms with Crippen molar-refractivity contribution in [3.8, 4) is 0 Å². The molecule has 16 atom stereocenters. The monoisotopic (exact) mass is 1180 g/mol. The molecule has 0 aromatic heterocycles. The quantitative estimate of drug-likeness (QED) is 0.0805. The minimum atomic E-state index is -3.21. The zero-order valence-electron chi connectivity index (χ0n) is 54.0. The first-order chi connectivity index (χ1) is 37.2. The van der Waals surface area contributed by atoms with E-state index in [9.17, 15) is 5.11 Å². The fourth-order valence-corrected chi connectivity index (χ4v) is 26.8. The number of esters is 1. The molecule has 14 nitrogen and oxygen atoms in total. The van der Waals surface area contributed by atoms with Gasteiger partial charge in [-0.2, -0.15) is 0 Å². The normalized spacial score (nSPS) is 37.6. The molecule has 1 N–H and O–H groups in total. The van der Waals surface area contributed by atoms with E-state index < -0.39 is 103 Å². The summed E-state index contributed by atoms with van der Waals surface area (Å²) >= 11 is 0. The number of carbonyl (C=O) groups excluding carboxylic acids is 3. The zero-order chi connectivity index (χ0) is 60.2. The third kappa shape index (κ3) is 14.8. The highest BCUT2D eigenvalue weighted by Gasteiger charge is 2.61. The van der Waals surface area contributed by atoms with Gasteiger partial charge in [0, 0.05) is 39.1 Å². The summed E-state index contributed by atoms with van der Waals surface area (Å²) in [7, 11) is -3.43. The molecule has 5 aliphatic rings. The second-order valence-electron chi connectivity index (χ2n) is 28.0. The Morgan fingerprint density at radius 2 is 1.39 bits per heavy atom. The summed E-state index contributed by atoms with van der Waals surface area (Å²) in [6.45, 7) is 45.9. The second-order valence-corrected chi connectivity index (χ2v) is 41.5. The summed E-state index contributed by atoms with van der Waals surface area (Å²) in [5.74, 6) is -6.46. The minimum absolute atomic E-state index is 0.0138. The molecule has 1 amide bonds. The molecule has 4 aliphatic heterocycles. The van der Waals surface area contributed by atoms with Gasteiger partial charge < -0.3 is 51.1 Å². The van der Waals surface area contributed by atoms with Crippen molar-refractivity contribution < 1.29 is 60.6 Å². The number of methoxy groups -OCH3 is 3. The van der Waals surface area contributed by atoms with Gasteiger partial charge in [0.1, 0.15) is 18.2 Å². The van der Waals surface area contributed by atoms with Crippen LogP contribution < -0.4 is 0 Å². The number of nitrogens with zero attached hydrogens (tertiary/aromatic N) is 1. The molecule has 460 valence electrons. The summed E-state index contributed by atoms with van der Waals surface area (Å²) in [6.07, 6.45) is 9.01. The van der Waals surface area contributed by atoms with E-state index in [-0.39, 0.29) is 76.1 Å². The van der Waals surface area contributed by atoms with Crippen LogP contribution in [0.3, 0.4) is 0 Å². The molecule has 1 unspecified atom stereocenters. The number of fused-ring (bicyclic) bond motifs is 5. The molecule has 0 aromatic rings. The number of ether oxygens (including phenoxy) is 5. The Labute approximate surface area is 488 Å². The van der Waals surface area contributed by atoms with Gasteiger partial charge >= 0.3 is 23.1 Å². The van der Waals surface area contributed by atoms with Crippen molar-refractivity contribution in [2.24, 2.45) is 29.6 Å². The van der Waals surface area contributed by atoms with Crippen LogP contribution in [-0.2, 0) is 55.5 Å². The van der Waals surface area contributed by atoms with E-state index >= 15 is 14.4 Å². The van der Waals surface area contributed by atoms with E-state index in [1.54, 1.807) is 34.3 Å². The number of allylic oxidation sites excluding steroid dienone is 2. The van der Waals surface area contributed by atoms with Crippen molar-refractivity contribution in [3.63, 3.8) is 0 Å². The lowest BCUT2D eigenvalue weighted by molar-refractivity contribution is -0.302. The number of amides is 1. The summed E-state index contributed by atoms with van der Waals surface area (Å²) in [5.41, 5.74) is 2.41. The van der Waals surface area contributed by atoms with Crippen LogP contribution in [0.15, 0.2) is 36.0 Å². The van der Waals surface area contributed by atoms with Crippen molar-refractivity contribution in [2.45, 2.75) is 295 Å². The van der Waals surface area contributed by atoms with E-state index in [1.165, 1.54) is 10.5 Å². The predicted molar refractivity (Wildman–Crippen MR) is 325 cm³/mol. The third-order valence-electron chi connectivity index (χ3n) is 19.9. The van der Waals surface area contributed by atoms with Gasteiger partial charge in [0.2, 0.25) is 5.79 Å². The van der Waals surface area contributed by atoms with Gasteiger partial charge in [-0.25, -0.2) is 4.79 Å². The Morgan fingerprint density at radius 1 is 0.825 bits per heavy atom. The van der Waals surface area contributed by atoms with Crippen LogP contribution in [0, 0.1) is 29.6 Å². The molecule has 0 spiro atoms. The molecule has 17 heteroatoms. The first kappa shape index (κ1) is 68.9. The summed E-state index contributed by atoms with van der Waals surface area (Å²) < 4.78 is 62.9. The summed E-state index contributed by atoms with van der Waals surface area (Å²) in [6, 6.07) is -1.86. The van der Waals surface area contributed by atoms with Crippen LogP contribution in [-0.4, -0.2) is 141 Å². The zero-order valence-corrected chi connectivity index (χ0v) is 57.0. The molecule has 4 heterocycles. The second kappa shape index (κ2) is 28.1. The fourth-order valence-electron chi connectivity index (χ4n) is 14.0. The van der Waals surface area contributed by atoms with Crippen molar-refractivity contribution in [1.82, 2.24) is 4.90 Å². The lowest BCUT2D eigenvalue weighted by atomic mass is 9.81. The molecule has 4 bridgehead atoms. The van der Waals surface area contributed by atoms with Crippen LogP contribution in [0.5, 0.6) is 0 Å². The van der Waals surface area contributed by atoms with Gasteiger partial charge in [0.05, 0.1) is 42.7 Å². The van der Waals surface area contributed by atoms with Gasteiger partial charge in [-0.3, -0.25) is 9.59 Å². The van der Waals surface area contributed by atoms with Crippen LogP contribution in [0.2, 0.25) is 40.3 Å². The molecule has 0 radical (unpaired) electrons. The Morgan fingerprint density at radius 3 is 1.91 bits per heavy atom. The first-order valence-corrected chi connectivity index (χ1v) is 37.8. The molecule has 4 fully saturated rings. The number of Topliss-reactive ketones (excluding diaryl/α,β-unsaturated/α-hetero) is 1. The average Bonchev–Trinajstić information content (AvgIpc) is 3.38. The van der Waals surface area contributed by atoms with E-state index in [0.717, 1.165) is 37.7 Å². The maximum absolute atomic E-state index is 15.6. The molecule has 1 saturated carbocycles. The van der Waals surface area contributed by atoms with Crippen molar-refractivity contribution in [1.29, 1.82) is 0 Å². The highest BCUT2D eigenvalue weighted by Crippen LogP contribution is 2.50. The number of rotatable bonds is 13. The molecule has 0 aromatic carbocycles. The van der Waals surface area contributed by atoms with E-state index in [1.807, 2.05) is 0 Å². The molecule has 5 rings (SSSR count). The van der Waals surface area contributed by atoms with E-state index in [4.69, 9.17) is 41.1 Å². The largest absolute Gasteiger partial charge is 0.456 e. The lowest BCUT2D eigenvalue weighted by Gasteiger charge is -2.54. The standard InChI is InChI=1S/C63H113NO13Si3/c1-24-48-32-42(11)31-43(12)33-55(70-20)58-56(71-21)35-45(14)63(68,73-58)59(65)60(66)64-49(25-2)27-26-28-50(64)61(67)72-57(44(13)34-47-29-30-51(54(36-47)69-19)74-78(22,23)62(16,17)18)46(15)52-37-53(48)76-80(40(7)8,41(9)10)77-79(75-52,38(3)4)39(5)6/h25,32,34,38-41,43,45-58,68H,2,24,26-31,33,35-37H2,1,3-23H3/b42-32+,44-34+/t43-,45-,46-,47+,48+,49?,50+,51-,52+,53+,54-,55-,56+,57-,58-,63-/m1/s1. The van der Waals surface area contributed by atoms with Crippen LogP contribution in [0.1, 0.15) is 188 Å². The van der Waals surface area contributed by atoms with Gasteiger partial charge in [0.25, 0.3) is 11.7 Å². The number of hydrogen-bond donors (Lipinski definition) is 1. The molecular weight excluding hydrogens is 1060 g/mol. The molecule has 80 heavy (non-hydrogen) atoms. The van der Waals surface area contributed by atoms with E-state index in [2.05, 4.69) is 143 Å². The number of carbonyl (C=O) groups is 3. The SMILES string of the molecule is C=CC1CCC[C@H]2C(=O)O[C@H](/C(C)=C/[C@@H]3CC[C@@H](O[Si](C)(C)C(C)(C)C)[C@H](OC)C3)[C@H](C)[C@@H]3C[C@H](O[Si](C(C)C)(C(C)C)O[Si](C(C)C)(C(C)C)O3)[C@@H](CC)/C=C(\C)C[C@@H](C)C[C@@H](OC)[C@H]3O[C@@](O)(C(=O)C(=O)N12)[C@H](C)C[C@@H]3OC. The topological polar surface area (TPSA) is 158 Å². The minimum Gasteiger partial charge on any atom is -0.456 e. The number of ketones is 1. The first-order valence-electron chi connectivity index (χ1n) is 31.0. The molecular formula is C63H113NO13Si3. The Balaban J connectivity index is 1.76. The van der Waals surface area contributed by atoms with Crippen molar-refractivity contribution in [3.05, 3.63) is 36.0 Å². The Bertz CT molecular complexity index is 2130. The van der Waals surface area contributed by atoms with Gasteiger partial charge in [0.15, 0.2) is 8.32 Å². The van der Waals surface area contributed by atoms with Crippen LogP contribution in [0.25, 0.3) is 0 Å². The summed E-state index contributed by atoms with van der Waals surface area (Å²) in [4.78, 5) is 47.1. The van der Waals surface area contributed by atoms with E-state index in [0.29, 0.717) is 25.7 Å². The average molecular weight is 1180 g/mol. The lowest BCUT2D eigenvalue weighted by Crippen LogP contribution is -2.66. The number of aliphatic hydroxyl groups is 1. The van der Waals surface area contributed by atoms with Gasteiger partial charge in [-0.05, 0) is 142 Å². The fraction of sp³-hybridized carbons (Fsp3) is 0.857. The highest BCUT2D eigenvalue weighted by molar-refractivity contribution is 6.84. The van der Waals surface area contributed by atoms with Crippen LogP contribution in [0.4, 0.5) is 0 Å². The van der Waals surface area contributed by atoms with Gasteiger partial charge in [-0.1, -0.05) is 128 Å². The predicted octanol–water partition coefficient (Wildman–Crippen LogP) is 13.5. The summed E-state index contributed by atoms with van der Waals surface area (Å²) in [5, 5.41) is 12.6. The van der Waals surface area contributed by atoms with Gasteiger partial charge in [-0.15, -0.1) is 6.58 Å². The van der Waals surface area contributed by atoms with Crippen molar-refractivity contribution in [2.75, 3.05) is 21.3 Å². The number of cyclic esters (lactones) is 1. The third-order valence-corrected chi connectivity index (χ3v) is 34.7. The van der Waals surface area contributed by atoms with Crippen molar-refractivity contribution >= 4 is 43.1 Å². The molecule has 3 saturated heterocycles. The Kier molecular flexibility index (Phi) is 24.2. The van der Waals surface area contributed by atoms with Crippen LogP contribution >= 0.6 is 0 Å².